The number of nitrogens with two attached hydrogens (primary N) is 1. The number of nitrogens with one attached hydrogen (secondary N) is 1. The van der Waals surface area contributed by atoms with Gasteiger partial charge in [-0.05, 0) is 29.3 Å². The minimum atomic E-state index is -0.607. The van der Waals surface area contributed by atoms with Crippen LogP contribution in [0.15, 0.2) is 15.5 Å². The number of hydrogen-bond acceptors (Lipinski definition) is 5. The van der Waals surface area contributed by atoms with E-state index in [-0.39, 0.29) is 5.56 Å². The molecule has 1 heterocycles. The first-order chi connectivity index (χ1) is 8.97. The van der Waals surface area contributed by atoms with Crippen LogP contribution in [0.2, 0.25) is 0 Å². The van der Waals surface area contributed by atoms with Crippen molar-refractivity contribution in [1.82, 2.24) is 9.78 Å². The minimum Gasteiger partial charge on any atom is -0.392 e. The Labute approximate surface area is 121 Å². The molecule has 0 spiro atoms. The van der Waals surface area contributed by atoms with Crippen LogP contribution in [0.5, 0.6) is 0 Å². The number of anilines is 1. The second-order valence-corrected chi connectivity index (χ2v) is 5.33. The number of halogens is 1. The molecule has 0 aliphatic heterocycles. The molecule has 1 aromatic rings. The van der Waals surface area contributed by atoms with E-state index in [1.807, 2.05) is 0 Å². The summed E-state index contributed by atoms with van der Waals surface area (Å²) in [5.41, 5.74) is 6.15. The monoisotopic (exact) mass is 332 g/mol. The van der Waals surface area contributed by atoms with E-state index in [4.69, 9.17) is 5.73 Å². The molecule has 2 atom stereocenters. The van der Waals surface area contributed by atoms with Crippen molar-refractivity contribution in [1.29, 1.82) is 0 Å². The van der Waals surface area contributed by atoms with Crippen molar-refractivity contribution < 1.29 is 5.11 Å². The van der Waals surface area contributed by atoms with Gasteiger partial charge in [-0.25, -0.2) is 4.68 Å². The van der Waals surface area contributed by atoms with Gasteiger partial charge in [-0.2, -0.15) is 5.10 Å². The number of aromatic nitrogens is 2. The van der Waals surface area contributed by atoms with Gasteiger partial charge in [0.15, 0.2) is 0 Å². The number of aliphatic hydroxyl groups excluding tert-OH is 1. The van der Waals surface area contributed by atoms with Gasteiger partial charge in [0.2, 0.25) is 0 Å². The van der Waals surface area contributed by atoms with E-state index in [1.54, 1.807) is 13.1 Å². The van der Waals surface area contributed by atoms with Crippen molar-refractivity contribution in [3.63, 3.8) is 0 Å². The number of nitrogens with zero attached hydrogens (tertiary/aromatic N) is 2. The van der Waals surface area contributed by atoms with Gasteiger partial charge in [0, 0.05) is 19.1 Å². The highest BCUT2D eigenvalue weighted by atomic mass is 79.9. The van der Waals surface area contributed by atoms with Gasteiger partial charge in [-0.3, -0.25) is 4.79 Å². The van der Waals surface area contributed by atoms with Crippen LogP contribution in [0.25, 0.3) is 0 Å². The standard InChI is InChI=1S/C12H21BrN4O2/c1-3-4-5-17-12(19)11(13)10(7-16-17)15-6-9(14)8(2)18/h7-9,15,18H,3-6,14H2,1-2H3. The summed E-state index contributed by atoms with van der Waals surface area (Å²) in [5.74, 6) is 0. The summed E-state index contributed by atoms with van der Waals surface area (Å²) >= 11 is 3.27. The van der Waals surface area contributed by atoms with Crippen LogP contribution in [-0.2, 0) is 6.54 Å². The topological polar surface area (TPSA) is 93.2 Å². The second-order valence-electron chi connectivity index (χ2n) is 4.54. The van der Waals surface area contributed by atoms with Crippen molar-refractivity contribution in [2.45, 2.75) is 45.4 Å². The molecule has 0 bridgehead atoms. The van der Waals surface area contributed by atoms with Crippen molar-refractivity contribution >= 4 is 21.6 Å². The maximum absolute atomic E-state index is 12.0. The van der Waals surface area contributed by atoms with Gasteiger partial charge in [-0.1, -0.05) is 13.3 Å². The number of aryl methyl sites for hydroxylation is 1. The summed E-state index contributed by atoms with van der Waals surface area (Å²) in [7, 11) is 0. The smallest absolute Gasteiger partial charge is 0.283 e. The number of unbranched alkanes of at least 4 members (excludes halogenated alkanes) is 1. The Morgan fingerprint density at radius 1 is 1.63 bits per heavy atom. The van der Waals surface area contributed by atoms with Gasteiger partial charge in [0.1, 0.15) is 4.47 Å². The molecular weight excluding hydrogens is 312 g/mol. The van der Waals surface area contributed by atoms with E-state index in [0.717, 1.165) is 12.8 Å². The third-order valence-corrected chi connectivity index (χ3v) is 3.62. The van der Waals surface area contributed by atoms with Gasteiger partial charge in [0.25, 0.3) is 5.56 Å². The fraction of sp³-hybridized carbons (Fsp3) is 0.667. The van der Waals surface area contributed by atoms with Crippen molar-refractivity contribution in [3.05, 3.63) is 21.0 Å². The summed E-state index contributed by atoms with van der Waals surface area (Å²) < 4.78 is 1.88. The van der Waals surface area contributed by atoms with Gasteiger partial charge in [0.05, 0.1) is 18.0 Å². The van der Waals surface area contributed by atoms with Crippen LogP contribution in [0.4, 0.5) is 5.69 Å². The zero-order chi connectivity index (χ0) is 14.4. The van der Waals surface area contributed by atoms with Crippen LogP contribution in [0.1, 0.15) is 26.7 Å². The number of aliphatic hydroxyl groups is 1. The van der Waals surface area contributed by atoms with Crippen LogP contribution in [-0.4, -0.2) is 33.6 Å². The van der Waals surface area contributed by atoms with E-state index in [9.17, 15) is 9.90 Å². The minimum absolute atomic E-state index is 0.163. The Hall–Kier alpha value is -0.920. The zero-order valence-electron chi connectivity index (χ0n) is 11.3. The number of hydrogen-bond donors (Lipinski definition) is 3. The molecule has 0 saturated carbocycles. The summed E-state index contributed by atoms with van der Waals surface area (Å²) in [6, 6.07) is -0.394. The average molecular weight is 333 g/mol. The molecule has 0 aromatic carbocycles. The lowest BCUT2D eigenvalue weighted by molar-refractivity contribution is 0.168. The quantitative estimate of drug-likeness (QED) is 0.690. The molecule has 0 saturated heterocycles. The van der Waals surface area contributed by atoms with Crippen LogP contribution in [0.3, 0.4) is 0 Å². The molecule has 7 heteroatoms. The van der Waals surface area contributed by atoms with Gasteiger partial charge < -0.3 is 16.2 Å². The molecule has 0 amide bonds. The predicted molar refractivity (Wildman–Crippen MR) is 79.3 cm³/mol. The molecule has 0 aliphatic rings. The summed E-state index contributed by atoms with van der Waals surface area (Å²) in [5, 5.41) is 16.4. The normalized spacial score (nSPS) is 14.2. The van der Waals surface area contributed by atoms with Crippen molar-refractivity contribution in [2.24, 2.45) is 5.73 Å². The fourth-order valence-electron chi connectivity index (χ4n) is 1.45. The zero-order valence-corrected chi connectivity index (χ0v) is 12.9. The van der Waals surface area contributed by atoms with E-state index in [2.05, 4.69) is 33.3 Å². The Bertz CT molecular complexity index is 462. The maximum Gasteiger partial charge on any atom is 0.283 e. The Morgan fingerprint density at radius 3 is 2.89 bits per heavy atom. The molecule has 0 radical (unpaired) electrons. The van der Waals surface area contributed by atoms with Crippen LogP contribution < -0.4 is 16.6 Å². The molecule has 19 heavy (non-hydrogen) atoms. The van der Waals surface area contributed by atoms with Crippen molar-refractivity contribution in [3.8, 4) is 0 Å². The van der Waals surface area contributed by atoms with E-state index < -0.39 is 12.1 Å². The fourth-order valence-corrected chi connectivity index (χ4v) is 1.90. The number of rotatable bonds is 7. The Kier molecular flexibility index (Phi) is 6.47. The largest absolute Gasteiger partial charge is 0.392 e. The molecule has 0 aliphatic carbocycles. The second kappa shape index (κ2) is 7.62. The first kappa shape index (κ1) is 16.1. The molecular formula is C12H21BrN4O2. The first-order valence-electron chi connectivity index (χ1n) is 6.40. The molecule has 1 aromatic heterocycles. The highest BCUT2D eigenvalue weighted by Crippen LogP contribution is 2.16. The van der Waals surface area contributed by atoms with E-state index in [1.165, 1.54) is 4.68 Å². The van der Waals surface area contributed by atoms with E-state index in [0.29, 0.717) is 23.2 Å². The molecule has 6 nitrogen and oxygen atoms in total. The van der Waals surface area contributed by atoms with Crippen LogP contribution in [0, 0.1) is 0 Å². The van der Waals surface area contributed by atoms with E-state index >= 15 is 0 Å². The molecule has 2 unspecified atom stereocenters. The third-order valence-electron chi connectivity index (χ3n) is 2.86. The highest BCUT2D eigenvalue weighted by molar-refractivity contribution is 9.10. The SMILES string of the molecule is CCCCn1ncc(NCC(N)C(C)O)c(Br)c1=O. The third kappa shape index (κ3) is 4.59. The predicted octanol–water partition coefficient (Wildman–Crippen LogP) is 0.926. The lowest BCUT2D eigenvalue weighted by atomic mass is 10.2. The molecule has 108 valence electrons. The molecule has 4 N–H and O–H groups in total. The van der Waals surface area contributed by atoms with Crippen LogP contribution >= 0.6 is 15.9 Å². The summed E-state index contributed by atoms with van der Waals surface area (Å²) in [6.45, 7) is 4.67. The van der Waals surface area contributed by atoms with Crippen molar-refractivity contribution in [2.75, 3.05) is 11.9 Å². The average Bonchev–Trinajstić information content (AvgIpc) is 2.38. The summed E-state index contributed by atoms with van der Waals surface area (Å²) in [4.78, 5) is 12.0. The molecule has 1 rings (SSSR count). The highest BCUT2D eigenvalue weighted by Gasteiger charge is 2.12. The Balaban J connectivity index is 2.76. The maximum atomic E-state index is 12.0. The lowest BCUT2D eigenvalue weighted by Crippen LogP contribution is -2.39. The molecule has 0 fully saturated rings. The van der Waals surface area contributed by atoms with Gasteiger partial charge in [-0.15, -0.1) is 0 Å². The summed E-state index contributed by atoms with van der Waals surface area (Å²) in [6.07, 6.45) is 2.91. The Morgan fingerprint density at radius 2 is 2.32 bits per heavy atom. The lowest BCUT2D eigenvalue weighted by Gasteiger charge is -2.16. The first-order valence-corrected chi connectivity index (χ1v) is 7.19. The van der Waals surface area contributed by atoms with Gasteiger partial charge >= 0.3 is 0 Å².